The van der Waals surface area contributed by atoms with E-state index in [1.165, 1.54) is 31.1 Å². The van der Waals surface area contributed by atoms with E-state index in [2.05, 4.69) is 146 Å². The first kappa shape index (κ1) is 24.2. The van der Waals surface area contributed by atoms with Crippen molar-refractivity contribution in [2.24, 2.45) is 0 Å². The van der Waals surface area contributed by atoms with Gasteiger partial charge in [0.05, 0.1) is 0 Å². The molecule has 36 heavy (non-hydrogen) atoms. The van der Waals surface area contributed by atoms with Gasteiger partial charge >= 0.3 is 0 Å². The first-order valence-electron chi connectivity index (χ1n) is 12.2. The van der Waals surface area contributed by atoms with Crippen molar-refractivity contribution >= 4 is 47.8 Å². The highest BCUT2D eigenvalue weighted by atomic mass is 28.4. The maximum Gasteiger partial charge on any atom is 0.287 e. The van der Waals surface area contributed by atoms with E-state index in [0.29, 0.717) is 0 Å². The SMILES string of the molecule is CO[Si](c1ccccc1)(c1ccccc1)c1ccccc1[Si](OC)(c1ccccc1)c1ccccc1. The Labute approximate surface area is 216 Å². The lowest BCUT2D eigenvalue weighted by Crippen LogP contribution is -2.79. The van der Waals surface area contributed by atoms with Gasteiger partial charge in [-0.1, -0.05) is 146 Å². The fraction of sp³-hybridized carbons (Fsp3) is 0.0625. The van der Waals surface area contributed by atoms with E-state index >= 15 is 0 Å². The zero-order valence-corrected chi connectivity index (χ0v) is 22.7. The number of benzene rings is 5. The van der Waals surface area contributed by atoms with Crippen LogP contribution >= 0.6 is 0 Å². The molecule has 0 N–H and O–H groups in total. The molecule has 0 saturated carbocycles. The third-order valence-electron chi connectivity index (χ3n) is 7.02. The molecule has 0 bridgehead atoms. The van der Waals surface area contributed by atoms with Crippen molar-refractivity contribution in [1.82, 2.24) is 0 Å². The third kappa shape index (κ3) is 3.98. The van der Waals surface area contributed by atoms with Crippen molar-refractivity contribution < 1.29 is 8.85 Å². The monoisotopic (exact) mass is 502 g/mol. The molecule has 178 valence electrons. The summed E-state index contributed by atoms with van der Waals surface area (Å²) in [5.74, 6) is 0. The molecule has 5 aromatic rings. The molecule has 0 aromatic heterocycles. The van der Waals surface area contributed by atoms with Crippen LogP contribution < -0.4 is 31.1 Å². The fourth-order valence-electron chi connectivity index (χ4n) is 5.44. The summed E-state index contributed by atoms with van der Waals surface area (Å²) in [7, 11) is -2.03. The van der Waals surface area contributed by atoms with E-state index in [9.17, 15) is 0 Å². The number of hydrogen-bond acceptors (Lipinski definition) is 2. The number of rotatable bonds is 8. The second-order valence-electron chi connectivity index (χ2n) is 8.78. The second kappa shape index (κ2) is 10.6. The van der Waals surface area contributed by atoms with Gasteiger partial charge in [0.1, 0.15) is 0 Å². The predicted octanol–water partition coefficient (Wildman–Crippen LogP) is 2.91. The van der Waals surface area contributed by atoms with Crippen LogP contribution in [0.2, 0.25) is 0 Å². The lowest BCUT2D eigenvalue weighted by Gasteiger charge is -2.38. The molecule has 0 aliphatic carbocycles. The Morgan fingerprint density at radius 2 is 0.556 bits per heavy atom. The van der Waals surface area contributed by atoms with Gasteiger partial charge in [0, 0.05) is 14.2 Å². The third-order valence-corrected chi connectivity index (χ3v) is 15.5. The summed E-state index contributed by atoms with van der Waals surface area (Å²) >= 11 is 0. The van der Waals surface area contributed by atoms with Crippen LogP contribution in [-0.4, -0.2) is 30.9 Å². The summed E-state index contributed by atoms with van der Waals surface area (Å²) in [6.45, 7) is 0. The van der Waals surface area contributed by atoms with Crippen LogP contribution in [0.4, 0.5) is 0 Å². The summed E-state index contributed by atoms with van der Waals surface area (Å²) in [5, 5.41) is 7.31. The molecule has 0 heterocycles. The lowest BCUT2D eigenvalue weighted by atomic mass is 10.3. The second-order valence-corrected chi connectivity index (χ2v) is 15.7. The molecular formula is C32H30O2Si2. The average molecular weight is 503 g/mol. The first-order valence-corrected chi connectivity index (χ1v) is 16.0. The van der Waals surface area contributed by atoms with Crippen molar-refractivity contribution in [1.29, 1.82) is 0 Å². The molecule has 0 unspecified atom stereocenters. The van der Waals surface area contributed by atoms with E-state index < -0.39 is 16.6 Å². The van der Waals surface area contributed by atoms with Gasteiger partial charge in [-0.3, -0.25) is 0 Å². The molecule has 5 rings (SSSR count). The average Bonchev–Trinajstić information content (AvgIpc) is 2.97. The summed E-state index contributed by atoms with van der Waals surface area (Å²) < 4.78 is 13.5. The van der Waals surface area contributed by atoms with Gasteiger partial charge in [-0.25, -0.2) is 0 Å². The maximum atomic E-state index is 6.75. The van der Waals surface area contributed by atoms with Crippen LogP contribution in [0.25, 0.3) is 0 Å². The molecule has 0 aliphatic rings. The normalized spacial score (nSPS) is 11.8. The highest BCUT2D eigenvalue weighted by Gasteiger charge is 2.49. The summed E-state index contributed by atoms with van der Waals surface area (Å²) in [4.78, 5) is 0. The fourth-order valence-corrected chi connectivity index (χ4v) is 14.0. The van der Waals surface area contributed by atoms with Crippen molar-refractivity contribution in [3.63, 3.8) is 0 Å². The molecule has 0 fully saturated rings. The van der Waals surface area contributed by atoms with Crippen LogP contribution in [0.1, 0.15) is 0 Å². The topological polar surface area (TPSA) is 18.5 Å². The van der Waals surface area contributed by atoms with Gasteiger partial charge in [0.2, 0.25) is 0 Å². The van der Waals surface area contributed by atoms with Gasteiger partial charge < -0.3 is 8.85 Å². The van der Waals surface area contributed by atoms with Gasteiger partial charge in [-0.05, 0) is 31.1 Å². The van der Waals surface area contributed by atoms with E-state index in [4.69, 9.17) is 8.85 Å². The minimum absolute atomic E-state index is 1.21. The van der Waals surface area contributed by atoms with Gasteiger partial charge in [0.25, 0.3) is 16.6 Å². The quantitative estimate of drug-likeness (QED) is 0.240. The predicted molar refractivity (Wildman–Crippen MR) is 156 cm³/mol. The molecule has 0 saturated heterocycles. The zero-order chi connectivity index (χ0) is 24.8. The minimum atomic E-state index is -2.88. The summed E-state index contributed by atoms with van der Waals surface area (Å²) in [6, 6.07) is 51.6. The van der Waals surface area contributed by atoms with Crippen molar-refractivity contribution in [3.8, 4) is 0 Å². The molecular weight excluding hydrogens is 473 g/mol. The Kier molecular flexibility index (Phi) is 7.12. The van der Waals surface area contributed by atoms with Crippen molar-refractivity contribution in [2.75, 3.05) is 14.2 Å². The highest BCUT2D eigenvalue weighted by Crippen LogP contribution is 2.13. The lowest BCUT2D eigenvalue weighted by molar-refractivity contribution is 0.423. The van der Waals surface area contributed by atoms with Crippen LogP contribution in [0.15, 0.2) is 146 Å². The van der Waals surface area contributed by atoms with E-state index in [1.807, 2.05) is 14.2 Å². The molecule has 0 aliphatic heterocycles. The molecule has 5 aromatic carbocycles. The Morgan fingerprint density at radius 3 is 0.778 bits per heavy atom. The van der Waals surface area contributed by atoms with Gasteiger partial charge in [-0.2, -0.15) is 0 Å². The smallest absolute Gasteiger partial charge is 0.287 e. The van der Waals surface area contributed by atoms with E-state index in [-0.39, 0.29) is 0 Å². The van der Waals surface area contributed by atoms with Crippen LogP contribution in [0.3, 0.4) is 0 Å². The van der Waals surface area contributed by atoms with E-state index in [1.54, 1.807) is 0 Å². The standard InChI is InChI=1S/C32H30O2Si2/c1-33-35(27-17-7-3-8-18-27,28-19-9-4-10-20-28)31-25-15-16-26-32(31)36(34-2,29-21-11-5-12-22-29)30-23-13-6-14-24-30/h3-26H,1-2H3. The molecule has 0 atom stereocenters. The Balaban J connectivity index is 1.90. The van der Waals surface area contributed by atoms with Gasteiger partial charge in [-0.15, -0.1) is 0 Å². The molecule has 0 spiro atoms. The van der Waals surface area contributed by atoms with Crippen molar-refractivity contribution in [3.05, 3.63) is 146 Å². The van der Waals surface area contributed by atoms with Crippen LogP contribution in [-0.2, 0) is 8.85 Å². The highest BCUT2D eigenvalue weighted by molar-refractivity contribution is 7.15. The molecule has 0 radical (unpaired) electrons. The zero-order valence-electron chi connectivity index (χ0n) is 20.7. The summed E-state index contributed by atoms with van der Waals surface area (Å²) in [5.41, 5.74) is 0. The van der Waals surface area contributed by atoms with Crippen molar-refractivity contribution in [2.45, 2.75) is 0 Å². The Bertz CT molecular complexity index is 1200. The van der Waals surface area contributed by atoms with Crippen LogP contribution in [0.5, 0.6) is 0 Å². The maximum absolute atomic E-state index is 6.75. The molecule has 4 heteroatoms. The van der Waals surface area contributed by atoms with E-state index in [0.717, 1.165) is 0 Å². The first-order chi connectivity index (χ1) is 17.8. The largest absolute Gasteiger partial charge is 0.408 e. The summed E-state index contributed by atoms with van der Waals surface area (Å²) in [6.07, 6.45) is 0. The number of hydrogen-bond donors (Lipinski definition) is 0. The molecule has 0 amide bonds. The molecule has 2 nitrogen and oxygen atoms in total. The van der Waals surface area contributed by atoms with Crippen LogP contribution in [0, 0.1) is 0 Å². The Morgan fingerprint density at radius 1 is 0.333 bits per heavy atom. The van der Waals surface area contributed by atoms with Gasteiger partial charge in [0.15, 0.2) is 0 Å². The minimum Gasteiger partial charge on any atom is -0.408 e. The Hall–Kier alpha value is -3.55.